The van der Waals surface area contributed by atoms with Crippen molar-refractivity contribution in [3.8, 4) is 22.8 Å². The summed E-state index contributed by atoms with van der Waals surface area (Å²) in [5, 5.41) is 9.56. The number of nitrogens with zero attached hydrogens (tertiary/aromatic N) is 3. The van der Waals surface area contributed by atoms with Gasteiger partial charge in [-0.3, -0.25) is 4.79 Å². The minimum Gasteiger partial charge on any atom is -0.495 e. The number of pyridine rings is 1. The Kier molecular flexibility index (Phi) is 8.28. The maximum Gasteiger partial charge on any atom is 0.243 e. The van der Waals surface area contributed by atoms with Gasteiger partial charge >= 0.3 is 0 Å². The number of aromatic nitrogens is 3. The minimum atomic E-state index is -0.238. The summed E-state index contributed by atoms with van der Waals surface area (Å²) in [5.41, 5.74) is 1.69. The van der Waals surface area contributed by atoms with Gasteiger partial charge in [-0.25, -0.2) is 15.0 Å². The van der Waals surface area contributed by atoms with Crippen LogP contribution in [-0.4, -0.2) is 48.2 Å². The number of carbonyl (C=O) groups is 1. The van der Waals surface area contributed by atoms with E-state index in [0.717, 1.165) is 0 Å². The van der Waals surface area contributed by atoms with Crippen LogP contribution in [0.5, 0.6) is 11.5 Å². The number of nitrogens with one attached hydrogen (secondary N) is 3. The molecule has 11 heteroatoms. The topological polar surface area (TPSA) is 110 Å². The SMILES string of the molecule is C=CC(=O)NCCNc1cc(-c2cccnc2Nc2c(Cl)c(OC)cc(OC)c2Cl)ncn1. The fourth-order valence-corrected chi connectivity index (χ4v) is 3.47. The van der Waals surface area contributed by atoms with Crippen molar-refractivity contribution in [2.75, 3.05) is 37.9 Å². The minimum absolute atomic E-state index is 0.238. The first kappa shape index (κ1) is 24.1. The Bertz CT molecular complexity index is 1130. The average Bonchev–Trinajstić information content (AvgIpc) is 2.85. The van der Waals surface area contributed by atoms with Crippen LogP contribution in [0.3, 0.4) is 0 Å². The molecule has 33 heavy (non-hydrogen) atoms. The highest BCUT2D eigenvalue weighted by molar-refractivity contribution is 6.41. The van der Waals surface area contributed by atoms with Gasteiger partial charge in [0.15, 0.2) is 0 Å². The van der Waals surface area contributed by atoms with E-state index < -0.39 is 0 Å². The number of ether oxygens (including phenoxy) is 2. The number of carbonyl (C=O) groups excluding carboxylic acids is 1. The third-order valence-electron chi connectivity index (χ3n) is 4.48. The van der Waals surface area contributed by atoms with Crippen molar-refractivity contribution in [2.45, 2.75) is 0 Å². The van der Waals surface area contributed by atoms with Gasteiger partial charge in [-0.15, -0.1) is 0 Å². The van der Waals surface area contributed by atoms with E-state index in [9.17, 15) is 4.79 Å². The van der Waals surface area contributed by atoms with E-state index in [-0.39, 0.29) is 16.0 Å². The molecule has 3 aromatic rings. The van der Waals surface area contributed by atoms with E-state index in [1.54, 1.807) is 24.4 Å². The largest absolute Gasteiger partial charge is 0.495 e. The Hall–Kier alpha value is -3.56. The van der Waals surface area contributed by atoms with Crippen molar-refractivity contribution in [2.24, 2.45) is 0 Å². The molecule has 0 atom stereocenters. The molecular formula is C22H22Cl2N6O3. The molecule has 0 aliphatic carbocycles. The third-order valence-corrected chi connectivity index (χ3v) is 5.23. The van der Waals surface area contributed by atoms with Gasteiger partial charge in [0.1, 0.15) is 39.5 Å². The zero-order chi connectivity index (χ0) is 23.8. The third kappa shape index (κ3) is 5.82. The highest BCUT2D eigenvalue weighted by Crippen LogP contribution is 2.45. The summed E-state index contributed by atoms with van der Waals surface area (Å²) in [6.45, 7) is 4.31. The Morgan fingerprint density at radius 3 is 2.48 bits per heavy atom. The molecular weight excluding hydrogens is 467 g/mol. The first-order valence-corrected chi connectivity index (χ1v) is 10.5. The fourth-order valence-electron chi connectivity index (χ4n) is 2.88. The molecule has 3 rings (SSSR count). The molecule has 2 heterocycles. The smallest absolute Gasteiger partial charge is 0.243 e. The molecule has 172 valence electrons. The molecule has 9 nitrogen and oxygen atoms in total. The van der Waals surface area contributed by atoms with Gasteiger partial charge in [-0.1, -0.05) is 29.8 Å². The van der Waals surface area contributed by atoms with Crippen LogP contribution >= 0.6 is 23.2 Å². The number of methoxy groups -OCH3 is 2. The molecule has 1 amide bonds. The van der Waals surface area contributed by atoms with Gasteiger partial charge in [-0.05, 0) is 18.2 Å². The molecule has 0 bridgehead atoms. The number of halogens is 2. The summed E-state index contributed by atoms with van der Waals surface area (Å²) in [6.07, 6.45) is 4.29. The molecule has 0 aliphatic rings. The summed E-state index contributed by atoms with van der Waals surface area (Å²) in [4.78, 5) is 24.3. The highest BCUT2D eigenvalue weighted by atomic mass is 35.5. The molecule has 0 saturated heterocycles. The van der Waals surface area contributed by atoms with Crippen molar-refractivity contribution >= 4 is 46.4 Å². The number of amides is 1. The predicted octanol–water partition coefficient (Wildman–Crippen LogP) is 4.32. The first-order chi connectivity index (χ1) is 16.0. The first-order valence-electron chi connectivity index (χ1n) is 9.77. The summed E-state index contributed by atoms with van der Waals surface area (Å²) in [7, 11) is 3.01. The monoisotopic (exact) mass is 488 g/mol. The molecule has 0 spiro atoms. The lowest BCUT2D eigenvalue weighted by Crippen LogP contribution is -2.27. The number of anilines is 3. The van der Waals surface area contributed by atoms with E-state index in [1.807, 2.05) is 6.07 Å². The van der Waals surface area contributed by atoms with Crippen molar-refractivity contribution in [3.05, 3.63) is 59.5 Å². The fraction of sp³-hybridized carbons (Fsp3) is 0.182. The van der Waals surface area contributed by atoms with Gasteiger partial charge in [0, 0.05) is 37.0 Å². The Morgan fingerprint density at radius 1 is 1.09 bits per heavy atom. The van der Waals surface area contributed by atoms with E-state index in [2.05, 4.69) is 37.5 Å². The van der Waals surface area contributed by atoms with Crippen LogP contribution in [0.4, 0.5) is 17.3 Å². The summed E-state index contributed by atoms with van der Waals surface area (Å²) in [6, 6.07) is 7.02. The maximum absolute atomic E-state index is 11.2. The zero-order valence-corrected chi connectivity index (χ0v) is 19.5. The van der Waals surface area contributed by atoms with Gasteiger partial charge < -0.3 is 25.4 Å². The Morgan fingerprint density at radius 2 is 1.82 bits per heavy atom. The van der Waals surface area contributed by atoms with Crippen LogP contribution in [0.15, 0.2) is 49.4 Å². The van der Waals surface area contributed by atoms with Gasteiger partial charge in [0.25, 0.3) is 0 Å². The normalized spacial score (nSPS) is 10.3. The molecule has 0 unspecified atom stereocenters. The van der Waals surface area contributed by atoms with Gasteiger partial charge in [0.05, 0.1) is 25.6 Å². The van der Waals surface area contributed by atoms with Gasteiger partial charge in [-0.2, -0.15) is 0 Å². The van der Waals surface area contributed by atoms with Crippen molar-refractivity contribution < 1.29 is 14.3 Å². The predicted molar refractivity (Wildman–Crippen MR) is 130 cm³/mol. The van der Waals surface area contributed by atoms with Crippen LogP contribution in [0.2, 0.25) is 10.0 Å². The van der Waals surface area contributed by atoms with E-state index >= 15 is 0 Å². The number of rotatable bonds is 10. The molecule has 3 N–H and O–H groups in total. The standard InChI is InChI=1S/C22H22Cl2N6O3/c1-4-18(31)26-9-8-25-17-10-14(28-12-29-17)13-6-5-7-27-22(13)30-21-19(23)15(32-2)11-16(33-3)20(21)24/h4-7,10-12H,1,8-9H2,2-3H3,(H,26,31)(H,27,30)(H,25,28,29). The molecule has 0 radical (unpaired) electrons. The van der Waals surface area contributed by atoms with Crippen LogP contribution in [0.25, 0.3) is 11.3 Å². The number of hydrogen-bond acceptors (Lipinski definition) is 8. The summed E-state index contributed by atoms with van der Waals surface area (Å²) in [5.74, 6) is 1.61. The second-order valence-electron chi connectivity index (χ2n) is 6.52. The number of hydrogen-bond donors (Lipinski definition) is 3. The van der Waals surface area contributed by atoms with E-state index in [0.29, 0.717) is 53.2 Å². The lowest BCUT2D eigenvalue weighted by molar-refractivity contribution is -0.116. The number of benzene rings is 1. The molecule has 2 aromatic heterocycles. The van der Waals surface area contributed by atoms with E-state index in [1.165, 1.54) is 26.6 Å². The Labute approximate surface area is 201 Å². The van der Waals surface area contributed by atoms with Crippen LogP contribution in [0, 0.1) is 0 Å². The van der Waals surface area contributed by atoms with Crippen LogP contribution in [-0.2, 0) is 4.79 Å². The summed E-state index contributed by atoms with van der Waals surface area (Å²) < 4.78 is 10.7. The molecule has 0 saturated carbocycles. The quantitative estimate of drug-likeness (QED) is 0.285. The summed E-state index contributed by atoms with van der Waals surface area (Å²) >= 11 is 13.0. The molecule has 0 aliphatic heterocycles. The van der Waals surface area contributed by atoms with Crippen molar-refractivity contribution in [1.29, 1.82) is 0 Å². The van der Waals surface area contributed by atoms with Crippen LogP contribution < -0.4 is 25.4 Å². The zero-order valence-electron chi connectivity index (χ0n) is 18.0. The van der Waals surface area contributed by atoms with E-state index in [4.69, 9.17) is 32.7 Å². The van der Waals surface area contributed by atoms with Crippen molar-refractivity contribution in [3.63, 3.8) is 0 Å². The van der Waals surface area contributed by atoms with Gasteiger partial charge in [0.2, 0.25) is 5.91 Å². The highest BCUT2D eigenvalue weighted by Gasteiger charge is 2.19. The lowest BCUT2D eigenvalue weighted by Gasteiger charge is -2.17. The lowest BCUT2D eigenvalue weighted by atomic mass is 10.1. The van der Waals surface area contributed by atoms with Crippen molar-refractivity contribution in [1.82, 2.24) is 20.3 Å². The Balaban J connectivity index is 1.88. The average molecular weight is 489 g/mol. The second kappa shape index (κ2) is 11.3. The molecule has 1 aromatic carbocycles. The maximum atomic E-state index is 11.2. The van der Waals surface area contributed by atoms with Crippen LogP contribution in [0.1, 0.15) is 0 Å². The second-order valence-corrected chi connectivity index (χ2v) is 7.27. The molecule has 0 fully saturated rings.